The minimum absolute atomic E-state index is 0.00908. The van der Waals surface area contributed by atoms with Crippen LogP contribution in [0.25, 0.3) is 0 Å². The van der Waals surface area contributed by atoms with Gasteiger partial charge < -0.3 is 9.64 Å². The van der Waals surface area contributed by atoms with Crippen molar-refractivity contribution in [1.82, 2.24) is 15.3 Å². The summed E-state index contributed by atoms with van der Waals surface area (Å²) in [5.41, 5.74) is 3.16. The summed E-state index contributed by atoms with van der Waals surface area (Å²) in [6.45, 7) is 2.22. The summed E-state index contributed by atoms with van der Waals surface area (Å²) in [6.07, 6.45) is 4.85. The summed E-state index contributed by atoms with van der Waals surface area (Å²) in [7, 11) is 3.59. The molecule has 2 heterocycles. The van der Waals surface area contributed by atoms with Crippen LogP contribution in [0.1, 0.15) is 43.6 Å². The predicted molar refractivity (Wildman–Crippen MR) is 108 cm³/mol. The molecule has 3 aliphatic rings. The molecule has 4 rings (SSSR count). The summed E-state index contributed by atoms with van der Waals surface area (Å²) in [5.74, 6) is 0.176. The number of methoxy groups -OCH3 is 1. The molecule has 7 heteroatoms. The molecular weight excluding hydrogens is 370 g/mol. The van der Waals surface area contributed by atoms with Gasteiger partial charge in [0.1, 0.15) is 11.8 Å². The van der Waals surface area contributed by atoms with Gasteiger partial charge in [0.25, 0.3) is 0 Å². The first-order chi connectivity index (χ1) is 14.0. The molecule has 2 aliphatic heterocycles. The lowest BCUT2D eigenvalue weighted by molar-refractivity contribution is -0.151. The van der Waals surface area contributed by atoms with Gasteiger partial charge in [-0.2, -0.15) is 0 Å². The number of likely N-dealkylation sites (tertiary alicyclic amines) is 2. The highest BCUT2D eigenvalue weighted by Gasteiger charge is 2.55. The van der Waals surface area contributed by atoms with E-state index in [2.05, 4.69) is 12.1 Å². The van der Waals surface area contributed by atoms with E-state index in [1.807, 2.05) is 29.0 Å². The average Bonchev–Trinajstić information content (AvgIpc) is 3.50. The predicted octanol–water partition coefficient (Wildman–Crippen LogP) is 2.01. The summed E-state index contributed by atoms with van der Waals surface area (Å²) >= 11 is 0. The van der Waals surface area contributed by atoms with E-state index in [4.69, 9.17) is 4.74 Å². The van der Waals surface area contributed by atoms with Crippen LogP contribution >= 0.6 is 0 Å². The van der Waals surface area contributed by atoms with Gasteiger partial charge in [0.2, 0.25) is 11.8 Å². The molecule has 0 radical (unpaired) electrons. The van der Waals surface area contributed by atoms with E-state index in [0.29, 0.717) is 19.5 Å². The molecule has 0 aromatic heterocycles. The van der Waals surface area contributed by atoms with Crippen molar-refractivity contribution in [3.05, 3.63) is 29.8 Å². The second-order valence-electron chi connectivity index (χ2n) is 9.04. The third-order valence-corrected chi connectivity index (χ3v) is 7.07. The fourth-order valence-corrected chi connectivity index (χ4v) is 5.31. The van der Waals surface area contributed by atoms with Crippen LogP contribution in [0, 0.1) is 11.3 Å². The lowest BCUT2D eigenvalue weighted by Gasteiger charge is -2.44. The minimum atomic E-state index is -0.511. The third-order valence-electron chi connectivity index (χ3n) is 7.07. The molecule has 3 fully saturated rings. The van der Waals surface area contributed by atoms with Gasteiger partial charge in [-0.05, 0) is 62.3 Å². The van der Waals surface area contributed by atoms with Gasteiger partial charge in [0, 0.05) is 25.6 Å². The van der Waals surface area contributed by atoms with E-state index < -0.39 is 17.9 Å². The minimum Gasteiger partial charge on any atom is -0.497 e. The van der Waals surface area contributed by atoms with E-state index in [1.165, 1.54) is 5.56 Å². The zero-order valence-electron chi connectivity index (χ0n) is 17.3. The fourth-order valence-electron chi connectivity index (χ4n) is 5.31. The molecule has 1 saturated carbocycles. The highest BCUT2D eigenvalue weighted by Crippen LogP contribution is 2.54. The highest BCUT2D eigenvalue weighted by molar-refractivity contribution is 5.90. The monoisotopic (exact) mass is 401 g/mol. The number of hydroxylamine groups is 1. The lowest BCUT2D eigenvalue weighted by atomic mass is 9.79. The number of likely N-dealkylation sites (N-methyl/N-ethyl adjacent to an activating group) is 1. The van der Waals surface area contributed by atoms with Gasteiger partial charge in [0.15, 0.2) is 0 Å². The van der Waals surface area contributed by atoms with Gasteiger partial charge >= 0.3 is 0 Å². The number of nitrogens with one attached hydrogen (secondary N) is 1. The Balaban J connectivity index is 1.50. The molecule has 0 bridgehead atoms. The maximum Gasteiger partial charge on any atom is 0.248 e. The zero-order valence-corrected chi connectivity index (χ0v) is 17.3. The first-order valence-electron chi connectivity index (χ1n) is 10.5. The number of amides is 2. The molecule has 29 heavy (non-hydrogen) atoms. The Kier molecular flexibility index (Phi) is 5.53. The van der Waals surface area contributed by atoms with Crippen molar-refractivity contribution in [2.75, 3.05) is 33.8 Å². The van der Waals surface area contributed by atoms with Gasteiger partial charge in [-0.1, -0.05) is 12.1 Å². The Morgan fingerprint density at radius 2 is 1.97 bits per heavy atom. The molecule has 1 aromatic rings. The molecule has 1 aliphatic carbocycles. The Morgan fingerprint density at radius 3 is 2.59 bits per heavy atom. The van der Waals surface area contributed by atoms with Crippen molar-refractivity contribution in [2.24, 2.45) is 11.3 Å². The molecule has 3 unspecified atom stereocenters. The van der Waals surface area contributed by atoms with E-state index in [-0.39, 0.29) is 17.2 Å². The normalized spacial score (nSPS) is 28.8. The van der Waals surface area contributed by atoms with Crippen molar-refractivity contribution in [1.29, 1.82) is 0 Å². The number of carbonyl (C=O) groups is 2. The SMILES string of the molecule is COc1ccc(C2CCCN(C(=O)C3C(C(=O)NO)CC4(CC4)CN3C)C2)cc1. The Morgan fingerprint density at radius 1 is 1.24 bits per heavy atom. The van der Waals surface area contributed by atoms with Crippen molar-refractivity contribution in [2.45, 2.75) is 44.1 Å². The summed E-state index contributed by atoms with van der Waals surface area (Å²) in [5, 5.41) is 9.25. The molecule has 2 N–H and O–H groups in total. The van der Waals surface area contributed by atoms with E-state index in [9.17, 15) is 14.8 Å². The highest BCUT2D eigenvalue weighted by atomic mass is 16.5. The average molecular weight is 402 g/mol. The van der Waals surface area contributed by atoms with Crippen molar-refractivity contribution in [3.63, 3.8) is 0 Å². The number of hydrogen-bond donors (Lipinski definition) is 2. The van der Waals surface area contributed by atoms with Gasteiger partial charge in [-0.25, -0.2) is 5.48 Å². The summed E-state index contributed by atoms with van der Waals surface area (Å²) in [4.78, 5) is 29.9. The smallest absolute Gasteiger partial charge is 0.248 e. The van der Waals surface area contributed by atoms with Crippen LogP contribution in [0.3, 0.4) is 0 Å². The van der Waals surface area contributed by atoms with Crippen LogP contribution in [0.5, 0.6) is 5.75 Å². The number of benzene rings is 1. The Labute approximate surface area is 172 Å². The van der Waals surface area contributed by atoms with Crippen LogP contribution in [0.4, 0.5) is 0 Å². The van der Waals surface area contributed by atoms with Gasteiger partial charge in [0.05, 0.1) is 13.0 Å². The Hall–Kier alpha value is -2.12. The van der Waals surface area contributed by atoms with Crippen molar-refractivity contribution >= 4 is 11.8 Å². The molecule has 7 nitrogen and oxygen atoms in total. The van der Waals surface area contributed by atoms with Gasteiger partial charge in [-0.3, -0.25) is 19.7 Å². The number of rotatable bonds is 4. The van der Waals surface area contributed by atoms with E-state index in [1.54, 1.807) is 12.6 Å². The third kappa shape index (κ3) is 3.98. The van der Waals surface area contributed by atoms with Gasteiger partial charge in [-0.15, -0.1) is 0 Å². The topological polar surface area (TPSA) is 82.1 Å². The maximum absolute atomic E-state index is 13.5. The van der Waals surface area contributed by atoms with Crippen LogP contribution in [0.2, 0.25) is 0 Å². The fraction of sp³-hybridized carbons (Fsp3) is 0.636. The van der Waals surface area contributed by atoms with Crippen LogP contribution < -0.4 is 10.2 Å². The molecule has 2 saturated heterocycles. The van der Waals surface area contributed by atoms with Crippen molar-refractivity contribution in [3.8, 4) is 5.75 Å². The van der Waals surface area contributed by atoms with Crippen LogP contribution in [0.15, 0.2) is 24.3 Å². The van der Waals surface area contributed by atoms with E-state index >= 15 is 0 Å². The number of ether oxygens (including phenoxy) is 1. The van der Waals surface area contributed by atoms with Crippen molar-refractivity contribution < 1.29 is 19.5 Å². The molecular formula is C22H31N3O4. The number of hydrogen-bond acceptors (Lipinski definition) is 5. The van der Waals surface area contributed by atoms with Crippen LogP contribution in [-0.2, 0) is 9.59 Å². The first-order valence-corrected chi connectivity index (χ1v) is 10.5. The number of carbonyl (C=O) groups excluding carboxylic acids is 2. The summed E-state index contributed by atoms with van der Waals surface area (Å²) in [6, 6.07) is 7.55. The quantitative estimate of drug-likeness (QED) is 0.596. The lowest BCUT2D eigenvalue weighted by Crippen LogP contribution is -2.60. The standard InChI is InChI=1S/C22H31N3O4/c1-24-14-22(9-10-22)12-18(20(26)23-28)19(24)21(27)25-11-3-4-16(13-25)15-5-7-17(29-2)8-6-15/h5-8,16,18-19,28H,3-4,9-14H2,1-2H3,(H,23,26). The van der Waals surface area contributed by atoms with E-state index in [0.717, 1.165) is 38.0 Å². The molecule has 3 atom stereocenters. The molecule has 1 aromatic carbocycles. The number of piperidine rings is 2. The maximum atomic E-state index is 13.5. The zero-order chi connectivity index (χ0) is 20.6. The summed E-state index contributed by atoms with van der Waals surface area (Å²) < 4.78 is 5.25. The second kappa shape index (κ2) is 7.95. The first kappa shape index (κ1) is 20.2. The second-order valence-corrected chi connectivity index (χ2v) is 9.04. The molecule has 1 spiro atoms. The largest absolute Gasteiger partial charge is 0.497 e. The number of nitrogens with zero attached hydrogens (tertiary/aromatic N) is 2. The molecule has 2 amide bonds. The Bertz CT molecular complexity index is 762. The molecule has 158 valence electrons. The van der Waals surface area contributed by atoms with Crippen LogP contribution in [-0.4, -0.2) is 66.7 Å².